The van der Waals surface area contributed by atoms with Gasteiger partial charge in [0.25, 0.3) is 0 Å². The Kier molecular flexibility index (Phi) is 8.22. The summed E-state index contributed by atoms with van der Waals surface area (Å²) in [4.78, 5) is 4.44. The SMILES string of the molecule is CCCC(CCN)CCCNCc1csc(C)n1. The van der Waals surface area contributed by atoms with E-state index in [1.165, 1.54) is 37.8 Å². The van der Waals surface area contributed by atoms with Crippen LogP contribution in [0, 0.1) is 12.8 Å². The van der Waals surface area contributed by atoms with Crippen LogP contribution in [0.1, 0.15) is 49.7 Å². The minimum atomic E-state index is 0.823. The molecule has 0 aromatic carbocycles. The van der Waals surface area contributed by atoms with Gasteiger partial charge in [-0.2, -0.15) is 0 Å². The van der Waals surface area contributed by atoms with E-state index in [-0.39, 0.29) is 0 Å². The number of aryl methyl sites for hydroxylation is 1. The number of rotatable bonds is 10. The molecule has 3 N–H and O–H groups in total. The lowest BCUT2D eigenvalue weighted by molar-refractivity contribution is 0.403. The van der Waals surface area contributed by atoms with Crippen molar-refractivity contribution in [1.82, 2.24) is 10.3 Å². The van der Waals surface area contributed by atoms with Crippen molar-refractivity contribution in [3.63, 3.8) is 0 Å². The summed E-state index contributed by atoms with van der Waals surface area (Å²) in [5.41, 5.74) is 6.82. The smallest absolute Gasteiger partial charge is 0.0897 e. The van der Waals surface area contributed by atoms with Gasteiger partial charge in [0, 0.05) is 11.9 Å². The van der Waals surface area contributed by atoms with Gasteiger partial charge in [-0.3, -0.25) is 0 Å². The lowest BCUT2D eigenvalue weighted by Gasteiger charge is -2.14. The van der Waals surface area contributed by atoms with Crippen molar-refractivity contribution in [3.05, 3.63) is 16.1 Å². The first-order valence-corrected chi connectivity index (χ1v) is 7.96. The first kappa shape index (κ1) is 15.6. The lowest BCUT2D eigenvalue weighted by atomic mass is 9.94. The largest absolute Gasteiger partial charge is 0.330 e. The quantitative estimate of drug-likeness (QED) is 0.642. The molecule has 1 rings (SSSR count). The highest BCUT2D eigenvalue weighted by atomic mass is 32.1. The Hall–Kier alpha value is -0.450. The van der Waals surface area contributed by atoms with Crippen LogP contribution in [0.25, 0.3) is 0 Å². The molecule has 4 heteroatoms. The van der Waals surface area contributed by atoms with Crippen LogP contribution in [0.4, 0.5) is 0 Å². The number of hydrogen-bond acceptors (Lipinski definition) is 4. The van der Waals surface area contributed by atoms with Crippen LogP contribution in [0.15, 0.2) is 5.38 Å². The fourth-order valence-corrected chi connectivity index (χ4v) is 2.91. The highest BCUT2D eigenvalue weighted by Gasteiger charge is 2.06. The van der Waals surface area contributed by atoms with Crippen LogP contribution in [0.5, 0.6) is 0 Å². The van der Waals surface area contributed by atoms with Gasteiger partial charge in [0.2, 0.25) is 0 Å². The van der Waals surface area contributed by atoms with Crippen molar-refractivity contribution in [2.45, 2.75) is 52.5 Å². The number of thiazole rings is 1. The van der Waals surface area contributed by atoms with Crippen molar-refractivity contribution < 1.29 is 0 Å². The zero-order valence-electron chi connectivity index (χ0n) is 11.7. The molecule has 0 fully saturated rings. The minimum absolute atomic E-state index is 0.823. The fraction of sp³-hybridized carbons (Fsp3) is 0.786. The molecule has 1 atom stereocenters. The molecule has 0 spiro atoms. The van der Waals surface area contributed by atoms with E-state index in [4.69, 9.17) is 5.73 Å². The normalized spacial score (nSPS) is 12.8. The Bertz CT molecular complexity index is 306. The van der Waals surface area contributed by atoms with Crippen molar-refractivity contribution in [2.24, 2.45) is 11.7 Å². The Balaban J connectivity index is 2.06. The van der Waals surface area contributed by atoms with Gasteiger partial charge < -0.3 is 11.1 Å². The van der Waals surface area contributed by atoms with E-state index in [1.807, 2.05) is 0 Å². The number of hydrogen-bond donors (Lipinski definition) is 2. The van der Waals surface area contributed by atoms with Crippen LogP contribution in [-0.4, -0.2) is 18.1 Å². The van der Waals surface area contributed by atoms with E-state index in [9.17, 15) is 0 Å². The molecule has 18 heavy (non-hydrogen) atoms. The summed E-state index contributed by atoms with van der Waals surface area (Å²) in [6.45, 7) is 7.12. The summed E-state index contributed by atoms with van der Waals surface area (Å²) < 4.78 is 0. The molecule has 1 heterocycles. The van der Waals surface area contributed by atoms with Crippen LogP contribution in [0.2, 0.25) is 0 Å². The predicted octanol–water partition coefficient (Wildman–Crippen LogP) is 3.09. The third kappa shape index (κ3) is 6.47. The summed E-state index contributed by atoms with van der Waals surface area (Å²) in [5.74, 6) is 0.823. The molecule has 104 valence electrons. The molecule has 1 unspecified atom stereocenters. The molecule has 1 aromatic rings. The Morgan fingerprint density at radius 3 is 2.83 bits per heavy atom. The van der Waals surface area contributed by atoms with Crippen molar-refractivity contribution in [3.8, 4) is 0 Å². The zero-order valence-corrected chi connectivity index (χ0v) is 12.6. The fourth-order valence-electron chi connectivity index (χ4n) is 2.30. The maximum absolute atomic E-state index is 5.65. The average molecular weight is 269 g/mol. The molecule has 0 aliphatic rings. The topological polar surface area (TPSA) is 50.9 Å². The molecule has 0 aliphatic heterocycles. The van der Waals surface area contributed by atoms with Gasteiger partial charge >= 0.3 is 0 Å². The van der Waals surface area contributed by atoms with E-state index in [0.717, 1.165) is 30.6 Å². The molecular weight excluding hydrogens is 242 g/mol. The van der Waals surface area contributed by atoms with Crippen LogP contribution < -0.4 is 11.1 Å². The molecular formula is C14H27N3S. The Labute approximate surface area is 115 Å². The van der Waals surface area contributed by atoms with E-state index < -0.39 is 0 Å². The van der Waals surface area contributed by atoms with Crippen molar-refractivity contribution >= 4 is 11.3 Å². The van der Waals surface area contributed by atoms with E-state index in [2.05, 4.69) is 29.5 Å². The second kappa shape index (κ2) is 9.48. The molecule has 0 bridgehead atoms. The molecule has 1 aromatic heterocycles. The van der Waals surface area contributed by atoms with Gasteiger partial charge in [-0.1, -0.05) is 19.8 Å². The van der Waals surface area contributed by atoms with Crippen LogP contribution in [0.3, 0.4) is 0 Å². The first-order chi connectivity index (χ1) is 8.76. The van der Waals surface area contributed by atoms with Crippen LogP contribution in [-0.2, 0) is 6.54 Å². The van der Waals surface area contributed by atoms with Gasteiger partial charge in [-0.25, -0.2) is 4.98 Å². The number of aromatic nitrogens is 1. The van der Waals surface area contributed by atoms with E-state index in [0.29, 0.717) is 0 Å². The third-order valence-corrected chi connectivity index (χ3v) is 4.03. The minimum Gasteiger partial charge on any atom is -0.330 e. The van der Waals surface area contributed by atoms with Gasteiger partial charge in [-0.15, -0.1) is 11.3 Å². The van der Waals surface area contributed by atoms with Crippen molar-refractivity contribution in [2.75, 3.05) is 13.1 Å². The van der Waals surface area contributed by atoms with Crippen LogP contribution >= 0.6 is 11.3 Å². The Morgan fingerprint density at radius 1 is 1.39 bits per heavy atom. The lowest BCUT2D eigenvalue weighted by Crippen LogP contribution is -2.17. The third-order valence-electron chi connectivity index (χ3n) is 3.21. The standard InChI is InChI=1S/C14H27N3S/c1-3-5-13(7-8-15)6-4-9-16-10-14-11-18-12(2)17-14/h11,13,16H,3-10,15H2,1-2H3. The predicted molar refractivity (Wildman–Crippen MR) is 79.9 cm³/mol. The van der Waals surface area contributed by atoms with Gasteiger partial charge in [0.1, 0.15) is 0 Å². The van der Waals surface area contributed by atoms with E-state index >= 15 is 0 Å². The second-order valence-corrected chi connectivity index (χ2v) is 5.97. The molecule has 0 saturated carbocycles. The maximum Gasteiger partial charge on any atom is 0.0897 e. The summed E-state index contributed by atoms with van der Waals surface area (Å²) in [5, 5.41) is 6.75. The highest BCUT2D eigenvalue weighted by molar-refractivity contribution is 7.09. The summed E-state index contributed by atoms with van der Waals surface area (Å²) in [7, 11) is 0. The average Bonchev–Trinajstić information content (AvgIpc) is 2.75. The Morgan fingerprint density at radius 2 is 2.22 bits per heavy atom. The zero-order chi connectivity index (χ0) is 13.2. The highest BCUT2D eigenvalue weighted by Crippen LogP contribution is 2.16. The number of nitrogens with one attached hydrogen (secondary N) is 1. The van der Waals surface area contributed by atoms with Gasteiger partial charge in [0.05, 0.1) is 10.7 Å². The molecule has 3 nitrogen and oxygen atoms in total. The summed E-state index contributed by atoms with van der Waals surface area (Å²) in [6.07, 6.45) is 6.32. The van der Waals surface area contributed by atoms with Gasteiger partial charge in [-0.05, 0) is 45.2 Å². The monoisotopic (exact) mass is 269 g/mol. The molecule has 0 saturated heterocycles. The van der Waals surface area contributed by atoms with E-state index in [1.54, 1.807) is 11.3 Å². The maximum atomic E-state index is 5.65. The first-order valence-electron chi connectivity index (χ1n) is 7.08. The molecule has 0 amide bonds. The molecule has 0 aliphatic carbocycles. The second-order valence-electron chi connectivity index (χ2n) is 4.91. The van der Waals surface area contributed by atoms with Gasteiger partial charge in [0.15, 0.2) is 0 Å². The number of nitrogens with two attached hydrogens (primary N) is 1. The molecule has 0 radical (unpaired) electrons. The van der Waals surface area contributed by atoms with Crippen molar-refractivity contribution in [1.29, 1.82) is 0 Å². The summed E-state index contributed by atoms with van der Waals surface area (Å²) >= 11 is 1.72. The summed E-state index contributed by atoms with van der Waals surface area (Å²) in [6, 6.07) is 0. The number of nitrogens with zero attached hydrogens (tertiary/aromatic N) is 1.